The van der Waals surface area contributed by atoms with E-state index in [1.165, 1.54) is 17.2 Å². The van der Waals surface area contributed by atoms with Crippen LogP contribution < -0.4 is 11.2 Å². The first-order chi connectivity index (χ1) is 9.35. The van der Waals surface area contributed by atoms with Gasteiger partial charge in [-0.2, -0.15) is 0 Å². The van der Waals surface area contributed by atoms with Crippen molar-refractivity contribution in [2.45, 2.75) is 12.5 Å². The Labute approximate surface area is 112 Å². The Morgan fingerprint density at radius 2 is 2.10 bits per heavy atom. The molecule has 3 rings (SSSR count). The van der Waals surface area contributed by atoms with Gasteiger partial charge in [0.05, 0.1) is 29.6 Å². The normalized spacial score (nSPS) is 17.0. The number of nitrogens with one attached hydrogen (secondary N) is 2. The number of hydrogen-bond acceptors (Lipinski definition) is 5. The van der Waals surface area contributed by atoms with E-state index in [-0.39, 0.29) is 35.6 Å². The first-order valence-electron chi connectivity index (χ1n) is 6.00. The van der Waals surface area contributed by atoms with Crippen LogP contribution in [0.15, 0.2) is 21.9 Å². The highest BCUT2D eigenvalue weighted by molar-refractivity contribution is 5.97. The Kier molecular flexibility index (Phi) is 2.51. The lowest BCUT2D eigenvalue weighted by Gasteiger charge is -2.44. The van der Waals surface area contributed by atoms with Gasteiger partial charge in [-0.05, 0) is 13.0 Å². The van der Waals surface area contributed by atoms with E-state index in [0.717, 1.165) is 0 Å². The molecular formula is C12H12N4O4. The number of H-pyrrole nitrogens is 2. The van der Waals surface area contributed by atoms with Crippen LogP contribution in [-0.4, -0.2) is 49.6 Å². The third-order valence-corrected chi connectivity index (χ3v) is 3.19. The molecule has 1 fully saturated rings. The van der Waals surface area contributed by atoms with E-state index in [4.69, 9.17) is 0 Å². The summed E-state index contributed by atoms with van der Waals surface area (Å²) < 4.78 is 0. The van der Waals surface area contributed by atoms with Gasteiger partial charge in [0.1, 0.15) is 5.65 Å². The van der Waals surface area contributed by atoms with E-state index in [1.54, 1.807) is 6.92 Å². The highest BCUT2D eigenvalue weighted by atomic mass is 16.3. The molecule has 2 aromatic heterocycles. The predicted molar refractivity (Wildman–Crippen MR) is 69.5 cm³/mol. The highest BCUT2D eigenvalue weighted by Gasteiger charge is 2.39. The molecule has 1 saturated heterocycles. The van der Waals surface area contributed by atoms with Crippen molar-refractivity contribution in [3.63, 3.8) is 0 Å². The second-order valence-corrected chi connectivity index (χ2v) is 5.19. The summed E-state index contributed by atoms with van der Waals surface area (Å²) in [6.45, 7) is 2.13. The van der Waals surface area contributed by atoms with Crippen LogP contribution in [0.2, 0.25) is 0 Å². The summed E-state index contributed by atoms with van der Waals surface area (Å²) in [6, 6.07) is 1.38. The SMILES string of the molecule is CC1(O)CN(C(=O)c2cnc3[nH]c(=O)[nH]c(=O)c3c2)C1. The van der Waals surface area contributed by atoms with Crippen molar-refractivity contribution in [1.82, 2.24) is 19.9 Å². The number of pyridine rings is 1. The molecular weight excluding hydrogens is 264 g/mol. The summed E-state index contributed by atoms with van der Waals surface area (Å²) in [5.74, 6) is -0.309. The Balaban J connectivity index is 2.00. The second kappa shape index (κ2) is 4.01. The van der Waals surface area contributed by atoms with Crippen LogP contribution >= 0.6 is 0 Å². The van der Waals surface area contributed by atoms with Crippen LogP contribution in [0.1, 0.15) is 17.3 Å². The lowest BCUT2D eigenvalue weighted by atomic mass is 9.96. The fraction of sp³-hybridized carbons (Fsp3) is 0.333. The largest absolute Gasteiger partial charge is 0.386 e. The summed E-state index contributed by atoms with van der Waals surface area (Å²) in [5.41, 5.74) is -1.73. The third kappa shape index (κ3) is 1.99. The van der Waals surface area contributed by atoms with Gasteiger partial charge in [0.15, 0.2) is 0 Å². The Morgan fingerprint density at radius 3 is 2.75 bits per heavy atom. The van der Waals surface area contributed by atoms with E-state index in [9.17, 15) is 19.5 Å². The van der Waals surface area contributed by atoms with Crippen LogP contribution in [-0.2, 0) is 0 Å². The van der Waals surface area contributed by atoms with Crippen molar-refractivity contribution in [2.24, 2.45) is 0 Å². The summed E-state index contributed by atoms with van der Waals surface area (Å²) in [6.07, 6.45) is 1.30. The summed E-state index contributed by atoms with van der Waals surface area (Å²) in [5, 5.41) is 9.76. The second-order valence-electron chi connectivity index (χ2n) is 5.19. The molecule has 0 aliphatic carbocycles. The molecule has 8 nitrogen and oxygen atoms in total. The molecule has 3 heterocycles. The fourth-order valence-corrected chi connectivity index (χ4v) is 2.27. The van der Waals surface area contributed by atoms with Crippen LogP contribution in [0.25, 0.3) is 11.0 Å². The number of β-amino-alcohol motifs (C(OH)–C–C–N with tert-alkyl or cyclic N) is 1. The maximum absolute atomic E-state index is 12.1. The van der Waals surface area contributed by atoms with Gasteiger partial charge in [0, 0.05) is 6.20 Å². The number of nitrogens with zero attached hydrogens (tertiary/aromatic N) is 2. The van der Waals surface area contributed by atoms with Crippen molar-refractivity contribution in [2.75, 3.05) is 13.1 Å². The number of amides is 1. The molecule has 0 unspecified atom stereocenters. The molecule has 0 bridgehead atoms. The fourth-order valence-electron chi connectivity index (χ4n) is 2.27. The molecule has 1 aliphatic heterocycles. The minimum absolute atomic E-state index is 0.130. The number of carbonyl (C=O) groups is 1. The number of aromatic nitrogens is 3. The zero-order valence-corrected chi connectivity index (χ0v) is 10.6. The third-order valence-electron chi connectivity index (χ3n) is 3.19. The number of fused-ring (bicyclic) bond motifs is 1. The molecule has 2 aromatic rings. The minimum atomic E-state index is -0.858. The minimum Gasteiger partial charge on any atom is -0.386 e. The first-order valence-corrected chi connectivity index (χ1v) is 6.00. The van der Waals surface area contributed by atoms with Crippen LogP contribution in [0, 0.1) is 0 Å². The van der Waals surface area contributed by atoms with Crippen molar-refractivity contribution in [3.05, 3.63) is 38.7 Å². The Bertz CT molecular complexity index is 812. The number of likely N-dealkylation sites (tertiary alicyclic amines) is 1. The van der Waals surface area contributed by atoms with E-state index in [0.29, 0.717) is 0 Å². The first kappa shape index (κ1) is 12.5. The Morgan fingerprint density at radius 1 is 1.40 bits per heavy atom. The lowest BCUT2D eigenvalue weighted by Crippen LogP contribution is -2.61. The average Bonchev–Trinajstić information content (AvgIpc) is 2.34. The molecule has 1 amide bonds. The molecule has 3 N–H and O–H groups in total. The molecule has 0 saturated carbocycles. The van der Waals surface area contributed by atoms with Gasteiger partial charge in [-0.1, -0.05) is 0 Å². The zero-order chi connectivity index (χ0) is 14.5. The molecule has 1 aliphatic rings. The quantitative estimate of drug-likeness (QED) is 0.605. The number of hydrogen-bond donors (Lipinski definition) is 3. The standard InChI is InChI=1S/C12H12N4O4/c1-12(20)4-16(5-12)10(18)6-2-7-8(13-3-6)14-11(19)15-9(7)17/h2-3,20H,4-5H2,1H3,(H2,13,14,15,17,19). The van der Waals surface area contributed by atoms with E-state index < -0.39 is 16.9 Å². The van der Waals surface area contributed by atoms with Gasteiger partial charge in [-0.3, -0.25) is 19.6 Å². The molecule has 0 atom stereocenters. The maximum Gasteiger partial charge on any atom is 0.327 e. The monoisotopic (exact) mass is 276 g/mol. The van der Waals surface area contributed by atoms with Crippen molar-refractivity contribution in [1.29, 1.82) is 0 Å². The Hall–Kier alpha value is -2.48. The van der Waals surface area contributed by atoms with E-state index in [2.05, 4.69) is 15.0 Å². The van der Waals surface area contributed by atoms with Crippen molar-refractivity contribution in [3.8, 4) is 0 Å². The highest BCUT2D eigenvalue weighted by Crippen LogP contribution is 2.22. The van der Waals surface area contributed by atoms with E-state index in [1.807, 2.05) is 0 Å². The number of aromatic amines is 2. The molecule has 104 valence electrons. The van der Waals surface area contributed by atoms with Gasteiger partial charge >= 0.3 is 5.69 Å². The number of carbonyl (C=O) groups excluding carboxylic acids is 1. The average molecular weight is 276 g/mol. The number of rotatable bonds is 1. The topological polar surface area (TPSA) is 119 Å². The summed E-state index contributed by atoms with van der Waals surface area (Å²) in [7, 11) is 0. The van der Waals surface area contributed by atoms with Crippen molar-refractivity contribution >= 4 is 16.9 Å². The molecule has 0 aromatic carbocycles. The maximum atomic E-state index is 12.1. The van der Waals surface area contributed by atoms with Crippen molar-refractivity contribution < 1.29 is 9.90 Å². The molecule has 0 spiro atoms. The summed E-state index contributed by atoms with van der Waals surface area (Å²) >= 11 is 0. The van der Waals surface area contributed by atoms with Gasteiger partial charge in [0.2, 0.25) is 0 Å². The lowest BCUT2D eigenvalue weighted by molar-refractivity contribution is -0.0668. The smallest absolute Gasteiger partial charge is 0.327 e. The van der Waals surface area contributed by atoms with Gasteiger partial charge in [-0.25, -0.2) is 9.78 Å². The van der Waals surface area contributed by atoms with Crippen LogP contribution in [0.4, 0.5) is 0 Å². The zero-order valence-electron chi connectivity index (χ0n) is 10.6. The van der Waals surface area contributed by atoms with Gasteiger partial charge in [-0.15, -0.1) is 0 Å². The van der Waals surface area contributed by atoms with E-state index >= 15 is 0 Å². The molecule has 8 heteroatoms. The van der Waals surface area contributed by atoms with Gasteiger partial charge < -0.3 is 10.0 Å². The molecule has 20 heavy (non-hydrogen) atoms. The predicted octanol–water partition coefficient (Wildman–Crippen LogP) is -1.18. The van der Waals surface area contributed by atoms with Crippen LogP contribution in [0.3, 0.4) is 0 Å². The van der Waals surface area contributed by atoms with Crippen LogP contribution in [0.5, 0.6) is 0 Å². The summed E-state index contributed by atoms with van der Waals surface area (Å²) in [4.78, 5) is 44.7. The molecule has 0 radical (unpaired) electrons. The number of aliphatic hydroxyl groups is 1. The van der Waals surface area contributed by atoms with Gasteiger partial charge in [0.25, 0.3) is 11.5 Å².